The summed E-state index contributed by atoms with van der Waals surface area (Å²) in [5, 5.41) is 7.12. The molecule has 2 unspecified atom stereocenters. The van der Waals surface area contributed by atoms with Gasteiger partial charge in [0.25, 0.3) is 0 Å². The van der Waals surface area contributed by atoms with Crippen molar-refractivity contribution in [2.75, 3.05) is 13.6 Å². The van der Waals surface area contributed by atoms with Gasteiger partial charge in [0, 0.05) is 57.7 Å². The molecule has 1 saturated heterocycles. The smallest absolute Gasteiger partial charge is 0.191 e. The van der Waals surface area contributed by atoms with Crippen LogP contribution in [0.2, 0.25) is 0 Å². The third-order valence-electron chi connectivity index (χ3n) is 6.22. The molecular weight excluding hydrogens is 396 g/mol. The molecule has 4 rings (SSSR count). The van der Waals surface area contributed by atoms with E-state index in [9.17, 15) is 0 Å². The molecule has 0 saturated carbocycles. The van der Waals surface area contributed by atoms with Gasteiger partial charge in [-0.1, -0.05) is 54.6 Å². The van der Waals surface area contributed by atoms with Crippen LogP contribution in [-0.2, 0) is 19.6 Å². The van der Waals surface area contributed by atoms with Gasteiger partial charge in [-0.15, -0.1) is 0 Å². The van der Waals surface area contributed by atoms with Gasteiger partial charge < -0.3 is 15.2 Å². The fourth-order valence-corrected chi connectivity index (χ4v) is 4.42. The zero-order valence-electron chi connectivity index (χ0n) is 19.3. The van der Waals surface area contributed by atoms with Crippen molar-refractivity contribution in [3.63, 3.8) is 0 Å². The van der Waals surface area contributed by atoms with Crippen LogP contribution in [0.25, 0.3) is 0 Å². The van der Waals surface area contributed by atoms with E-state index in [1.54, 1.807) is 0 Å². The standard InChI is InChI=1S/C26H34N6/c1-20-14-25(19-32(20)17-22-8-5-4-6-9-22)30-26(27-3)29-16-23-10-7-11-24(15-23)18-31-13-12-28-21(31)2/h4-13,15,20,25H,14,16-19H2,1-3H3,(H2,27,29,30). The average Bonchev–Trinajstić information content (AvgIpc) is 3.36. The van der Waals surface area contributed by atoms with Gasteiger partial charge in [-0.25, -0.2) is 4.98 Å². The van der Waals surface area contributed by atoms with Crippen LogP contribution < -0.4 is 10.6 Å². The topological polar surface area (TPSA) is 57.5 Å². The minimum atomic E-state index is 0.399. The highest BCUT2D eigenvalue weighted by molar-refractivity contribution is 5.80. The first-order valence-electron chi connectivity index (χ1n) is 11.4. The van der Waals surface area contributed by atoms with Crippen LogP contribution in [0.4, 0.5) is 0 Å². The summed E-state index contributed by atoms with van der Waals surface area (Å²) in [7, 11) is 1.84. The Kier molecular flexibility index (Phi) is 7.22. The van der Waals surface area contributed by atoms with E-state index in [4.69, 9.17) is 0 Å². The van der Waals surface area contributed by atoms with Gasteiger partial charge in [-0.2, -0.15) is 0 Å². The van der Waals surface area contributed by atoms with E-state index in [1.165, 1.54) is 16.7 Å². The molecule has 3 aromatic rings. The Labute approximate surface area is 191 Å². The van der Waals surface area contributed by atoms with Crippen molar-refractivity contribution in [2.45, 2.75) is 52.0 Å². The monoisotopic (exact) mass is 430 g/mol. The van der Waals surface area contributed by atoms with E-state index in [1.807, 2.05) is 26.4 Å². The molecule has 6 nitrogen and oxygen atoms in total. The predicted octanol–water partition coefficient (Wildman–Crippen LogP) is 3.57. The molecule has 0 amide bonds. The Morgan fingerprint density at radius 2 is 1.84 bits per heavy atom. The quantitative estimate of drug-likeness (QED) is 0.444. The molecule has 1 fully saturated rings. The van der Waals surface area contributed by atoms with Crippen LogP contribution in [-0.4, -0.2) is 46.1 Å². The molecule has 2 heterocycles. The first kappa shape index (κ1) is 22.1. The number of imidazole rings is 1. The Bertz CT molecular complexity index is 1030. The van der Waals surface area contributed by atoms with E-state index >= 15 is 0 Å². The van der Waals surface area contributed by atoms with Crippen LogP contribution >= 0.6 is 0 Å². The molecule has 168 valence electrons. The lowest BCUT2D eigenvalue weighted by molar-refractivity contribution is 0.258. The molecule has 0 aliphatic carbocycles. The summed E-state index contributed by atoms with van der Waals surface area (Å²) in [4.78, 5) is 11.3. The van der Waals surface area contributed by atoms with E-state index < -0.39 is 0 Å². The summed E-state index contributed by atoms with van der Waals surface area (Å²) < 4.78 is 2.16. The minimum Gasteiger partial charge on any atom is -0.352 e. The van der Waals surface area contributed by atoms with E-state index in [2.05, 4.69) is 91.6 Å². The normalized spacial score (nSPS) is 19.3. The Morgan fingerprint density at radius 3 is 2.59 bits per heavy atom. The van der Waals surface area contributed by atoms with Crippen molar-refractivity contribution in [3.05, 3.63) is 89.5 Å². The zero-order chi connectivity index (χ0) is 22.3. The number of aromatic nitrogens is 2. The maximum absolute atomic E-state index is 4.46. The Morgan fingerprint density at radius 1 is 1.06 bits per heavy atom. The van der Waals surface area contributed by atoms with Crippen molar-refractivity contribution in [2.24, 2.45) is 4.99 Å². The lowest BCUT2D eigenvalue weighted by atomic mass is 10.1. The molecule has 0 radical (unpaired) electrons. The van der Waals surface area contributed by atoms with E-state index in [0.717, 1.165) is 44.4 Å². The number of hydrogen-bond acceptors (Lipinski definition) is 3. The summed E-state index contributed by atoms with van der Waals surface area (Å²) in [6.45, 7) is 7.95. The van der Waals surface area contributed by atoms with Crippen LogP contribution in [0, 0.1) is 6.92 Å². The van der Waals surface area contributed by atoms with Gasteiger partial charge in [-0.05, 0) is 37.0 Å². The van der Waals surface area contributed by atoms with Crippen LogP contribution in [0.3, 0.4) is 0 Å². The lowest BCUT2D eigenvalue weighted by Crippen LogP contribution is -2.44. The fraction of sp³-hybridized carbons (Fsp3) is 0.385. The highest BCUT2D eigenvalue weighted by atomic mass is 15.3. The van der Waals surface area contributed by atoms with Crippen molar-refractivity contribution in [3.8, 4) is 0 Å². The highest BCUT2D eigenvalue weighted by Gasteiger charge is 2.29. The number of guanidine groups is 1. The predicted molar refractivity (Wildman–Crippen MR) is 131 cm³/mol. The van der Waals surface area contributed by atoms with Gasteiger partial charge in [0.2, 0.25) is 0 Å². The van der Waals surface area contributed by atoms with Crippen molar-refractivity contribution >= 4 is 5.96 Å². The summed E-state index contributed by atoms with van der Waals surface area (Å²) >= 11 is 0. The third kappa shape index (κ3) is 5.77. The third-order valence-corrected chi connectivity index (χ3v) is 6.22. The molecular formula is C26H34N6. The van der Waals surface area contributed by atoms with Gasteiger partial charge >= 0.3 is 0 Å². The maximum Gasteiger partial charge on any atom is 0.191 e. The number of aryl methyl sites for hydroxylation is 1. The summed E-state index contributed by atoms with van der Waals surface area (Å²) in [5.41, 5.74) is 3.89. The molecule has 0 spiro atoms. The van der Waals surface area contributed by atoms with Crippen LogP contribution in [0.5, 0.6) is 0 Å². The second-order valence-corrected chi connectivity index (χ2v) is 8.69. The molecule has 32 heavy (non-hydrogen) atoms. The summed E-state index contributed by atoms with van der Waals surface area (Å²) in [6, 6.07) is 20.4. The van der Waals surface area contributed by atoms with Crippen molar-refractivity contribution < 1.29 is 0 Å². The highest BCUT2D eigenvalue weighted by Crippen LogP contribution is 2.20. The second-order valence-electron chi connectivity index (χ2n) is 8.69. The summed E-state index contributed by atoms with van der Waals surface area (Å²) in [6.07, 6.45) is 4.99. The van der Waals surface area contributed by atoms with Crippen molar-refractivity contribution in [1.82, 2.24) is 25.1 Å². The second kappa shape index (κ2) is 10.5. The molecule has 2 aromatic carbocycles. The number of aliphatic imine (C=N–C) groups is 1. The molecule has 6 heteroatoms. The van der Waals surface area contributed by atoms with Gasteiger partial charge in [0.15, 0.2) is 5.96 Å². The van der Waals surface area contributed by atoms with E-state index in [0.29, 0.717) is 12.1 Å². The number of benzene rings is 2. The van der Waals surface area contributed by atoms with E-state index in [-0.39, 0.29) is 0 Å². The SMILES string of the molecule is CN=C(NCc1cccc(Cn2ccnc2C)c1)NC1CC(C)N(Cc2ccccc2)C1. The molecule has 1 aliphatic heterocycles. The molecule has 1 aliphatic rings. The van der Waals surface area contributed by atoms with Crippen LogP contribution in [0.15, 0.2) is 72.0 Å². The largest absolute Gasteiger partial charge is 0.352 e. The first-order valence-corrected chi connectivity index (χ1v) is 11.4. The molecule has 2 atom stereocenters. The number of rotatable bonds is 7. The Balaban J connectivity index is 1.29. The van der Waals surface area contributed by atoms with Gasteiger partial charge in [-0.3, -0.25) is 9.89 Å². The fourth-order valence-electron chi connectivity index (χ4n) is 4.42. The first-order chi connectivity index (χ1) is 15.6. The maximum atomic E-state index is 4.46. The zero-order valence-corrected chi connectivity index (χ0v) is 19.3. The van der Waals surface area contributed by atoms with Gasteiger partial charge in [0.05, 0.1) is 0 Å². The van der Waals surface area contributed by atoms with Crippen molar-refractivity contribution in [1.29, 1.82) is 0 Å². The molecule has 2 N–H and O–H groups in total. The minimum absolute atomic E-state index is 0.399. The average molecular weight is 431 g/mol. The Hall–Kier alpha value is -3.12. The number of likely N-dealkylation sites (tertiary alicyclic amines) is 1. The number of nitrogens with zero attached hydrogens (tertiary/aromatic N) is 4. The summed E-state index contributed by atoms with van der Waals surface area (Å²) in [5.74, 6) is 1.89. The number of nitrogens with one attached hydrogen (secondary N) is 2. The number of hydrogen-bond donors (Lipinski definition) is 2. The lowest BCUT2D eigenvalue weighted by Gasteiger charge is -2.21. The van der Waals surface area contributed by atoms with Gasteiger partial charge in [0.1, 0.15) is 5.82 Å². The molecule has 0 bridgehead atoms. The molecule has 1 aromatic heterocycles. The van der Waals surface area contributed by atoms with Crippen LogP contribution in [0.1, 0.15) is 35.9 Å².